The quantitative estimate of drug-likeness (QED) is 0.213. The topological polar surface area (TPSA) is 113 Å². The Balaban J connectivity index is 1.44. The number of anilines is 3. The molecule has 13 heteroatoms. The van der Waals surface area contributed by atoms with Crippen molar-refractivity contribution < 1.29 is 21.6 Å². The molecule has 208 valence electrons. The molecule has 0 aromatic heterocycles. The molecule has 0 saturated carbocycles. The summed E-state index contributed by atoms with van der Waals surface area (Å²) in [6.45, 7) is -0.0288. The van der Waals surface area contributed by atoms with Gasteiger partial charge in [0.25, 0.3) is 15.9 Å². The fourth-order valence-corrected chi connectivity index (χ4v) is 6.32. The lowest BCUT2D eigenvalue weighted by molar-refractivity contribution is 0.102. The zero-order valence-electron chi connectivity index (χ0n) is 20.8. The van der Waals surface area contributed by atoms with E-state index in [0.29, 0.717) is 16.8 Å². The summed E-state index contributed by atoms with van der Waals surface area (Å²) >= 11 is 18.4. The van der Waals surface area contributed by atoms with Gasteiger partial charge in [-0.3, -0.25) is 13.8 Å². The normalized spacial score (nSPS) is 11.6. The van der Waals surface area contributed by atoms with E-state index in [2.05, 4.69) is 10.0 Å². The molecule has 4 aromatic carbocycles. The Bertz CT molecular complexity index is 1760. The third-order valence-corrected chi connectivity index (χ3v) is 9.33. The second-order valence-electron chi connectivity index (χ2n) is 8.60. The highest BCUT2D eigenvalue weighted by Crippen LogP contribution is 2.34. The van der Waals surface area contributed by atoms with Gasteiger partial charge in [0, 0.05) is 11.3 Å². The number of carbonyl (C=O) groups is 1. The maximum Gasteiger partial charge on any atom is 0.261 e. The Morgan fingerprint density at radius 1 is 0.775 bits per heavy atom. The summed E-state index contributed by atoms with van der Waals surface area (Å²) in [5.41, 5.74) is 1.79. The molecule has 0 bridgehead atoms. The molecule has 4 aromatic rings. The molecule has 0 aliphatic heterocycles. The molecule has 0 aliphatic carbocycles. The van der Waals surface area contributed by atoms with E-state index in [1.807, 2.05) is 0 Å². The Labute approximate surface area is 247 Å². The van der Waals surface area contributed by atoms with E-state index < -0.39 is 26.0 Å². The lowest BCUT2D eigenvalue weighted by Crippen LogP contribution is -2.29. The fourth-order valence-electron chi connectivity index (χ4n) is 3.66. The third-order valence-electron chi connectivity index (χ3n) is 5.68. The van der Waals surface area contributed by atoms with Crippen LogP contribution in [-0.2, 0) is 26.6 Å². The van der Waals surface area contributed by atoms with Crippen LogP contribution in [0.25, 0.3) is 0 Å². The molecule has 0 unspecified atom stereocenters. The Morgan fingerprint density at radius 3 is 2.02 bits per heavy atom. The molecule has 2 N–H and O–H groups in total. The van der Waals surface area contributed by atoms with Crippen LogP contribution in [0.4, 0.5) is 17.1 Å². The zero-order valence-corrected chi connectivity index (χ0v) is 24.7. The number of para-hydroxylation sites is 1. The van der Waals surface area contributed by atoms with Crippen molar-refractivity contribution in [2.24, 2.45) is 0 Å². The molecule has 40 heavy (non-hydrogen) atoms. The predicted octanol–water partition coefficient (Wildman–Crippen LogP) is 6.67. The Hall–Kier alpha value is -3.28. The standard InChI is InChI=1S/C27H22Cl3N3O5S2/c1-39(35,36)33(25-8-4-6-23(29)26(25)30)17-18-9-11-19(12-10-18)27(34)31-20-13-15-21(16-14-20)40(37,38)32-24-7-3-2-5-22(24)28/h2-16,32H,17H2,1H3,(H,31,34). The molecular weight excluding hydrogens is 617 g/mol. The van der Waals surface area contributed by atoms with Crippen molar-refractivity contribution in [2.45, 2.75) is 11.4 Å². The lowest BCUT2D eigenvalue weighted by Gasteiger charge is -2.24. The number of nitrogens with one attached hydrogen (secondary N) is 2. The van der Waals surface area contributed by atoms with Gasteiger partial charge in [-0.1, -0.05) is 65.1 Å². The monoisotopic (exact) mass is 637 g/mol. The summed E-state index contributed by atoms with van der Waals surface area (Å²) < 4.78 is 53.9. The van der Waals surface area contributed by atoms with Gasteiger partial charge in [-0.05, 0) is 66.2 Å². The smallest absolute Gasteiger partial charge is 0.261 e. The van der Waals surface area contributed by atoms with Crippen molar-refractivity contribution in [3.63, 3.8) is 0 Å². The first-order valence-electron chi connectivity index (χ1n) is 11.5. The van der Waals surface area contributed by atoms with Crippen LogP contribution >= 0.6 is 34.8 Å². The SMILES string of the molecule is CS(=O)(=O)N(Cc1ccc(C(=O)Nc2ccc(S(=O)(=O)Nc3ccccc3Cl)cc2)cc1)c1cccc(Cl)c1Cl. The number of nitrogens with zero attached hydrogens (tertiary/aromatic N) is 1. The van der Waals surface area contributed by atoms with E-state index in [1.54, 1.807) is 66.7 Å². The summed E-state index contributed by atoms with van der Waals surface area (Å²) in [5.74, 6) is -0.436. The molecule has 4 rings (SSSR count). The maximum absolute atomic E-state index is 12.8. The first-order chi connectivity index (χ1) is 18.8. The number of carbonyl (C=O) groups excluding carboxylic acids is 1. The summed E-state index contributed by atoms with van der Waals surface area (Å²) in [7, 11) is -7.59. The van der Waals surface area contributed by atoms with Crippen molar-refractivity contribution in [1.82, 2.24) is 0 Å². The summed E-state index contributed by atoms with van der Waals surface area (Å²) in [6, 6.07) is 23.2. The number of amides is 1. The van der Waals surface area contributed by atoms with Crippen LogP contribution in [0.15, 0.2) is 95.9 Å². The highest BCUT2D eigenvalue weighted by Gasteiger charge is 2.22. The van der Waals surface area contributed by atoms with Gasteiger partial charge < -0.3 is 5.32 Å². The van der Waals surface area contributed by atoms with E-state index >= 15 is 0 Å². The number of rotatable bonds is 9. The van der Waals surface area contributed by atoms with Gasteiger partial charge >= 0.3 is 0 Å². The minimum atomic E-state index is -3.89. The summed E-state index contributed by atoms with van der Waals surface area (Å²) in [5, 5.41) is 3.31. The second kappa shape index (κ2) is 12.1. The molecular formula is C27H22Cl3N3O5S2. The van der Waals surface area contributed by atoms with Crippen LogP contribution in [0.5, 0.6) is 0 Å². The number of sulfonamides is 2. The largest absolute Gasteiger partial charge is 0.322 e. The Morgan fingerprint density at radius 2 is 1.40 bits per heavy atom. The highest BCUT2D eigenvalue weighted by molar-refractivity contribution is 7.92. The highest BCUT2D eigenvalue weighted by atomic mass is 35.5. The number of hydrogen-bond acceptors (Lipinski definition) is 5. The van der Waals surface area contributed by atoms with Gasteiger partial charge in [0.2, 0.25) is 10.0 Å². The molecule has 0 aliphatic rings. The number of hydrogen-bond donors (Lipinski definition) is 2. The molecule has 0 spiro atoms. The minimum Gasteiger partial charge on any atom is -0.322 e. The van der Waals surface area contributed by atoms with Crippen molar-refractivity contribution in [3.8, 4) is 0 Å². The minimum absolute atomic E-state index is 0.00925. The third kappa shape index (κ3) is 7.07. The van der Waals surface area contributed by atoms with Crippen LogP contribution in [0.1, 0.15) is 15.9 Å². The van der Waals surface area contributed by atoms with E-state index in [0.717, 1.165) is 10.6 Å². The van der Waals surface area contributed by atoms with Crippen molar-refractivity contribution in [2.75, 3.05) is 20.6 Å². The van der Waals surface area contributed by atoms with Gasteiger partial charge in [0.05, 0.1) is 44.1 Å². The molecule has 0 radical (unpaired) electrons. The van der Waals surface area contributed by atoms with E-state index in [-0.39, 0.29) is 37.9 Å². The van der Waals surface area contributed by atoms with Crippen LogP contribution in [0.2, 0.25) is 15.1 Å². The maximum atomic E-state index is 12.8. The van der Waals surface area contributed by atoms with Gasteiger partial charge in [0.15, 0.2) is 0 Å². The van der Waals surface area contributed by atoms with Gasteiger partial charge in [-0.15, -0.1) is 0 Å². The first-order valence-corrected chi connectivity index (χ1v) is 16.0. The van der Waals surface area contributed by atoms with E-state index in [9.17, 15) is 21.6 Å². The molecule has 0 fully saturated rings. The molecule has 1 amide bonds. The van der Waals surface area contributed by atoms with Crippen LogP contribution in [0.3, 0.4) is 0 Å². The second-order valence-corrected chi connectivity index (χ2v) is 13.4. The summed E-state index contributed by atoms with van der Waals surface area (Å²) in [6.07, 6.45) is 1.06. The predicted molar refractivity (Wildman–Crippen MR) is 161 cm³/mol. The van der Waals surface area contributed by atoms with Crippen LogP contribution in [-0.4, -0.2) is 29.0 Å². The molecule has 0 atom stereocenters. The molecule has 0 heterocycles. The average Bonchev–Trinajstić information content (AvgIpc) is 2.90. The van der Waals surface area contributed by atoms with Crippen molar-refractivity contribution >= 4 is 77.8 Å². The number of benzene rings is 4. The van der Waals surface area contributed by atoms with Crippen molar-refractivity contribution in [3.05, 3.63) is 117 Å². The zero-order chi connectivity index (χ0) is 29.1. The van der Waals surface area contributed by atoms with Gasteiger partial charge in [-0.25, -0.2) is 16.8 Å². The van der Waals surface area contributed by atoms with Crippen molar-refractivity contribution in [1.29, 1.82) is 0 Å². The van der Waals surface area contributed by atoms with E-state index in [4.69, 9.17) is 34.8 Å². The fraction of sp³-hybridized carbons (Fsp3) is 0.0741. The van der Waals surface area contributed by atoms with Gasteiger partial charge in [-0.2, -0.15) is 0 Å². The molecule has 0 saturated heterocycles. The lowest BCUT2D eigenvalue weighted by atomic mass is 10.1. The number of halogens is 3. The van der Waals surface area contributed by atoms with Crippen LogP contribution in [0, 0.1) is 0 Å². The molecule has 8 nitrogen and oxygen atoms in total. The van der Waals surface area contributed by atoms with Crippen LogP contribution < -0.4 is 14.3 Å². The van der Waals surface area contributed by atoms with Gasteiger partial charge in [0.1, 0.15) is 0 Å². The first kappa shape index (κ1) is 29.7. The average molecular weight is 639 g/mol. The summed E-state index contributed by atoms with van der Waals surface area (Å²) in [4.78, 5) is 12.8. The Kier molecular flexibility index (Phi) is 8.96. The van der Waals surface area contributed by atoms with E-state index in [1.165, 1.54) is 24.3 Å².